The maximum absolute atomic E-state index is 5.77. The Hall–Kier alpha value is -0.200. The molecule has 5 nitrogen and oxygen atoms in total. The fourth-order valence-corrected chi connectivity index (χ4v) is 3.18. The van der Waals surface area contributed by atoms with Crippen molar-refractivity contribution in [3.63, 3.8) is 0 Å². The standard InChI is InChI=1S/C18H37N3O2.C2H6/c1-17(2)5-12-22-10-3-4-11-23-16-21-14-18(15-21)13-20-8-6-19-7-9-20;1-2/h17-19H,3-16H2,1-2H3;1-2H3. The molecule has 2 aliphatic heterocycles. The van der Waals surface area contributed by atoms with Crippen LogP contribution in [0.25, 0.3) is 0 Å². The molecular formula is C20H43N3O2. The maximum Gasteiger partial charge on any atom is 0.0990 e. The van der Waals surface area contributed by atoms with Gasteiger partial charge >= 0.3 is 0 Å². The Bertz CT molecular complexity index is 291. The molecule has 0 aromatic carbocycles. The van der Waals surface area contributed by atoms with E-state index in [0.717, 1.165) is 64.3 Å². The molecule has 2 aliphatic rings. The number of nitrogens with zero attached hydrogens (tertiary/aromatic N) is 2. The van der Waals surface area contributed by atoms with Gasteiger partial charge in [-0.3, -0.25) is 4.90 Å². The Morgan fingerprint density at radius 3 is 2.20 bits per heavy atom. The van der Waals surface area contributed by atoms with Crippen molar-refractivity contribution in [1.82, 2.24) is 15.1 Å². The molecule has 0 aromatic rings. The third-order valence-corrected chi connectivity index (χ3v) is 4.70. The number of hydrogen-bond donors (Lipinski definition) is 1. The zero-order valence-corrected chi connectivity index (χ0v) is 17.3. The van der Waals surface area contributed by atoms with Crippen LogP contribution in [-0.4, -0.2) is 82.2 Å². The molecule has 0 aromatic heterocycles. The van der Waals surface area contributed by atoms with Crippen LogP contribution in [-0.2, 0) is 9.47 Å². The number of ether oxygens (including phenoxy) is 2. The van der Waals surface area contributed by atoms with Crippen molar-refractivity contribution in [3.8, 4) is 0 Å². The van der Waals surface area contributed by atoms with E-state index >= 15 is 0 Å². The molecule has 0 bridgehead atoms. The minimum atomic E-state index is 0.741. The molecule has 0 spiro atoms. The molecule has 2 saturated heterocycles. The Labute approximate surface area is 156 Å². The Balaban J connectivity index is 0.00000151. The summed E-state index contributed by atoms with van der Waals surface area (Å²) >= 11 is 0. The number of rotatable bonds is 12. The van der Waals surface area contributed by atoms with Crippen LogP contribution in [0, 0.1) is 11.8 Å². The van der Waals surface area contributed by atoms with Crippen LogP contribution < -0.4 is 5.32 Å². The van der Waals surface area contributed by atoms with Gasteiger partial charge in [0, 0.05) is 65.6 Å². The highest BCUT2D eigenvalue weighted by Crippen LogP contribution is 2.16. The quantitative estimate of drug-likeness (QED) is 0.544. The highest BCUT2D eigenvalue weighted by atomic mass is 16.5. The molecule has 2 rings (SSSR count). The van der Waals surface area contributed by atoms with Gasteiger partial charge in [-0.25, -0.2) is 0 Å². The lowest BCUT2D eigenvalue weighted by Crippen LogP contribution is -2.54. The molecule has 0 atom stereocenters. The van der Waals surface area contributed by atoms with E-state index in [9.17, 15) is 0 Å². The van der Waals surface area contributed by atoms with Gasteiger partial charge in [-0.05, 0) is 31.1 Å². The highest BCUT2D eigenvalue weighted by molar-refractivity contribution is 4.82. The monoisotopic (exact) mass is 357 g/mol. The van der Waals surface area contributed by atoms with E-state index in [-0.39, 0.29) is 0 Å². The second kappa shape index (κ2) is 14.9. The summed E-state index contributed by atoms with van der Waals surface area (Å²) in [5.74, 6) is 1.59. The molecule has 5 heteroatoms. The van der Waals surface area contributed by atoms with Gasteiger partial charge in [-0.2, -0.15) is 0 Å². The van der Waals surface area contributed by atoms with Crippen molar-refractivity contribution in [2.75, 3.05) is 72.4 Å². The van der Waals surface area contributed by atoms with Crippen LogP contribution in [0.15, 0.2) is 0 Å². The van der Waals surface area contributed by atoms with Crippen LogP contribution >= 0.6 is 0 Å². The molecule has 25 heavy (non-hydrogen) atoms. The predicted molar refractivity (Wildman–Crippen MR) is 106 cm³/mol. The second-order valence-corrected chi connectivity index (χ2v) is 7.49. The number of unbranched alkanes of at least 4 members (excludes halogenated alkanes) is 1. The Morgan fingerprint density at radius 2 is 1.56 bits per heavy atom. The van der Waals surface area contributed by atoms with Gasteiger partial charge in [-0.1, -0.05) is 27.7 Å². The third-order valence-electron chi connectivity index (χ3n) is 4.70. The lowest BCUT2D eigenvalue weighted by molar-refractivity contribution is -0.0416. The average Bonchev–Trinajstić information content (AvgIpc) is 2.60. The molecule has 2 fully saturated rings. The van der Waals surface area contributed by atoms with E-state index in [1.165, 1.54) is 39.1 Å². The van der Waals surface area contributed by atoms with Gasteiger partial charge in [0.2, 0.25) is 0 Å². The van der Waals surface area contributed by atoms with Crippen molar-refractivity contribution in [2.45, 2.75) is 47.0 Å². The third kappa shape index (κ3) is 11.2. The zero-order chi connectivity index (χ0) is 18.3. The summed E-state index contributed by atoms with van der Waals surface area (Å²) in [6.45, 7) is 20.4. The molecule has 0 unspecified atom stereocenters. The van der Waals surface area contributed by atoms with Crippen LogP contribution in [0.5, 0.6) is 0 Å². The first-order valence-electron chi connectivity index (χ1n) is 10.5. The van der Waals surface area contributed by atoms with Crippen molar-refractivity contribution in [1.29, 1.82) is 0 Å². The Morgan fingerprint density at radius 1 is 0.920 bits per heavy atom. The molecule has 1 N–H and O–H groups in total. The normalized spacial score (nSPS) is 19.6. The SMILES string of the molecule is CC.CC(C)CCOCCCCOCN1CC(CN2CCNCC2)C1. The van der Waals surface area contributed by atoms with E-state index in [1.54, 1.807) is 0 Å². The van der Waals surface area contributed by atoms with Crippen molar-refractivity contribution in [3.05, 3.63) is 0 Å². The van der Waals surface area contributed by atoms with Crippen LogP contribution in [0.4, 0.5) is 0 Å². The van der Waals surface area contributed by atoms with Crippen molar-refractivity contribution < 1.29 is 9.47 Å². The van der Waals surface area contributed by atoms with Gasteiger partial charge in [0.05, 0.1) is 6.73 Å². The van der Waals surface area contributed by atoms with Crippen molar-refractivity contribution in [2.24, 2.45) is 11.8 Å². The summed E-state index contributed by atoms with van der Waals surface area (Å²) in [5, 5.41) is 3.41. The van der Waals surface area contributed by atoms with Gasteiger partial charge in [-0.15, -0.1) is 0 Å². The molecular weight excluding hydrogens is 314 g/mol. The fraction of sp³-hybridized carbons (Fsp3) is 1.00. The molecule has 0 aliphatic carbocycles. The molecule has 150 valence electrons. The first kappa shape index (κ1) is 22.8. The summed E-state index contributed by atoms with van der Waals surface area (Å²) in [5.41, 5.74) is 0. The summed E-state index contributed by atoms with van der Waals surface area (Å²) in [4.78, 5) is 5.02. The topological polar surface area (TPSA) is 37.0 Å². The van der Waals surface area contributed by atoms with E-state index in [2.05, 4.69) is 29.0 Å². The summed E-state index contributed by atoms with van der Waals surface area (Å²) in [7, 11) is 0. The molecule has 0 radical (unpaired) electrons. The van der Waals surface area contributed by atoms with E-state index < -0.39 is 0 Å². The molecule has 0 amide bonds. The van der Waals surface area contributed by atoms with Crippen molar-refractivity contribution >= 4 is 0 Å². The second-order valence-electron chi connectivity index (χ2n) is 7.49. The minimum absolute atomic E-state index is 0.741. The maximum atomic E-state index is 5.77. The van der Waals surface area contributed by atoms with E-state index in [1.807, 2.05) is 13.8 Å². The summed E-state index contributed by atoms with van der Waals surface area (Å²) in [6, 6.07) is 0. The van der Waals surface area contributed by atoms with Crippen LogP contribution in [0.3, 0.4) is 0 Å². The predicted octanol–water partition coefficient (Wildman–Crippen LogP) is 2.67. The van der Waals surface area contributed by atoms with E-state index in [4.69, 9.17) is 9.47 Å². The molecule has 0 saturated carbocycles. The lowest BCUT2D eigenvalue weighted by Gasteiger charge is -2.42. The number of piperazine rings is 1. The lowest BCUT2D eigenvalue weighted by atomic mass is 10.00. The first-order valence-corrected chi connectivity index (χ1v) is 10.5. The van der Waals surface area contributed by atoms with Gasteiger partial charge in [0.25, 0.3) is 0 Å². The van der Waals surface area contributed by atoms with Gasteiger partial charge < -0.3 is 19.7 Å². The van der Waals surface area contributed by atoms with E-state index in [0.29, 0.717) is 0 Å². The fourth-order valence-electron chi connectivity index (χ4n) is 3.18. The van der Waals surface area contributed by atoms with Crippen LogP contribution in [0.2, 0.25) is 0 Å². The number of likely N-dealkylation sites (tertiary alicyclic amines) is 1. The summed E-state index contributed by atoms with van der Waals surface area (Å²) < 4.78 is 11.4. The largest absolute Gasteiger partial charge is 0.381 e. The number of hydrogen-bond acceptors (Lipinski definition) is 5. The Kier molecular flexibility index (Phi) is 13.6. The molecule has 2 heterocycles. The first-order chi connectivity index (χ1) is 12.2. The average molecular weight is 358 g/mol. The van der Waals surface area contributed by atoms with Gasteiger partial charge in [0.1, 0.15) is 0 Å². The highest BCUT2D eigenvalue weighted by Gasteiger charge is 2.28. The van der Waals surface area contributed by atoms with Gasteiger partial charge in [0.15, 0.2) is 0 Å². The van der Waals surface area contributed by atoms with Crippen LogP contribution in [0.1, 0.15) is 47.0 Å². The summed E-state index contributed by atoms with van der Waals surface area (Å²) in [6.07, 6.45) is 3.39. The smallest absolute Gasteiger partial charge is 0.0990 e. The number of nitrogens with one attached hydrogen (secondary N) is 1. The zero-order valence-electron chi connectivity index (χ0n) is 17.3. The minimum Gasteiger partial charge on any atom is -0.381 e.